The van der Waals surface area contributed by atoms with Crippen molar-refractivity contribution >= 4 is 10.8 Å². The first-order valence-corrected chi connectivity index (χ1v) is 8.30. The smallest absolute Gasteiger partial charge is 0.103 e. The maximum absolute atomic E-state index is 10.4. The Labute approximate surface area is 132 Å². The number of nitrogens with zero attached hydrogens (tertiary/aromatic N) is 1. The van der Waals surface area contributed by atoms with Crippen molar-refractivity contribution in [2.45, 2.75) is 25.4 Å². The lowest BCUT2D eigenvalue weighted by Gasteiger charge is -2.26. The van der Waals surface area contributed by atoms with Gasteiger partial charge in [0.1, 0.15) is 6.10 Å². The molecule has 0 aromatic heterocycles. The Balaban J connectivity index is 1.51. The van der Waals surface area contributed by atoms with Crippen LogP contribution >= 0.6 is 0 Å². The minimum Gasteiger partial charge on any atom is -0.386 e. The van der Waals surface area contributed by atoms with Crippen LogP contribution in [0, 0.1) is 0 Å². The monoisotopic (exact) mass is 299 g/mol. The molecule has 1 unspecified atom stereocenters. The number of aliphatic hydroxyl groups excluding tert-OH is 1. The van der Waals surface area contributed by atoms with Crippen LogP contribution in [-0.4, -0.2) is 42.9 Å². The van der Waals surface area contributed by atoms with Crippen molar-refractivity contribution in [2.75, 3.05) is 32.8 Å². The minimum atomic E-state index is -0.563. The van der Waals surface area contributed by atoms with E-state index >= 15 is 0 Å². The van der Waals surface area contributed by atoms with E-state index in [0.717, 1.165) is 22.9 Å². The molecule has 1 heterocycles. The van der Waals surface area contributed by atoms with Gasteiger partial charge in [-0.2, -0.15) is 0 Å². The van der Waals surface area contributed by atoms with Crippen molar-refractivity contribution in [2.24, 2.45) is 0 Å². The molecule has 0 amide bonds. The van der Waals surface area contributed by atoms with Crippen LogP contribution in [0.5, 0.6) is 0 Å². The molecule has 0 spiro atoms. The van der Waals surface area contributed by atoms with Crippen LogP contribution in [0.15, 0.2) is 42.5 Å². The third-order valence-electron chi connectivity index (χ3n) is 4.46. The molecule has 3 rings (SSSR count). The van der Waals surface area contributed by atoms with Gasteiger partial charge in [-0.05, 0) is 42.3 Å². The highest BCUT2D eigenvalue weighted by Crippen LogP contribution is 2.24. The van der Waals surface area contributed by atoms with Crippen LogP contribution < -0.4 is 0 Å². The third kappa shape index (κ3) is 3.86. The zero-order chi connectivity index (χ0) is 15.2. The number of aliphatic hydroxyl groups is 1. The number of rotatable bonds is 6. The molecule has 1 N–H and O–H groups in total. The van der Waals surface area contributed by atoms with E-state index in [0.29, 0.717) is 13.2 Å². The summed E-state index contributed by atoms with van der Waals surface area (Å²) in [4.78, 5) is 2.45. The summed E-state index contributed by atoms with van der Waals surface area (Å²) in [5.41, 5.74) is 0.955. The first-order chi connectivity index (χ1) is 10.8. The van der Waals surface area contributed by atoms with Crippen LogP contribution in [0.25, 0.3) is 10.8 Å². The predicted molar refractivity (Wildman–Crippen MR) is 90.0 cm³/mol. The van der Waals surface area contributed by atoms with E-state index in [1.165, 1.54) is 32.4 Å². The average molecular weight is 299 g/mol. The van der Waals surface area contributed by atoms with Crippen molar-refractivity contribution in [1.82, 2.24) is 4.90 Å². The fourth-order valence-corrected chi connectivity index (χ4v) is 3.20. The molecule has 0 saturated carbocycles. The van der Waals surface area contributed by atoms with Gasteiger partial charge in [-0.1, -0.05) is 48.9 Å². The lowest BCUT2D eigenvalue weighted by molar-refractivity contribution is 0.0251. The quantitative estimate of drug-likeness (QED) is 0.830. The van der Waals surface area contributed by atoms with Crippen LogP contribution in [-0.2, 0) is 4.74 Å². The van der Waals surface area contributed by atoms with Gasteiger partial charge in [0, 0.05) is 6.54 Å². The zero-order valence-corrected chi connectivity index (χ0v) is 13.1. The second-order valence-electron chi connectivity index (χ2n) is 6.06. The largest absolute Gasteiger partial charge is 0.386 e. The van der Waals surface area contributed by atoms with Crippen molar-refractivity contribution in [3.8, 4) is 0 Å². The maximum Gasteiger partial charge on any atom is 0.103 e. The van der Waals surface area contributed by atoms with Gasteiger partial charge in [0.05, 0.1) is 13.2 Å². The fraction of sp³-hybridized carbons (Fsp3) is 0.474. The van der Waals surface area contributed by atoms with Gasteiger partial charge in [-0.3, -0.25) is 0 Å². The highest BCUT2D eigenvalue weighted by atomic mass is 16.5. The Kier molecular flexibility index (Phi) is 5.43. The van der Waals surface area contributed by atoms with Gasteiger partial charge in [0.15, 0.2) is 0 Å². The molecule has 1 saturated heterocycles. The van der Waals surface area contributed by atoms with E-state index in [-0.39, 0.29) is 0 Å². The summed E-state index contributed by atoms with van der Waals surface area (Å²) in [5, 5.41) is 12.7. The fourth-order valence-electron chi connectivity index (χ4n) is 3.20. The molecule has 3 nitrogen and oxygen atoms in total. The van der Waals surface area contributed by atoms with Crippen molar-refractivity contribution < 1.29 is 9.84 Å². The summed E-state index contributed by atoms with van der Waals surface area (Å²) in [5.74, 6) is 0. The van der Waals surface area contributed by atoms with Gasteiger partial charge in [0.2, 0.25) is 0 Å². The zero-order valence-electron chi connectivity index (χ0n) is 13.1. The lowest BCUT2D eigenvalue weighted by Crippen LogP contribution is -2.32. The molecular formula is C19H25NO2. The highest BCUT2D eigenvalue weighted by molar-refractivity contribution is 5.85. The van der Waals surface area contributed by atoms with Crippen molar-refractivity contribution in [1.29, 1.82) is 0 Å². The summed E-state index contributed by atoms with van der Waals surface area (Å²) >= 11 is 0. The number of hydrogen-bond donors (Lipinski definition) is 1. The van der Waals surface area contributed by atoms with E-state index in [9.17, 15) is 5.11 Å². The standard InChI is InChI=1S/C19H25NO2/c21-19(15-22-14-13-20-11-4-1-5-12-20)18-10-6-8-16-7-2-3-9-17(16)18/h2-3,6-10,19,21H,1,4-5,11-15H2. The third-order valence-corrected chi connectivity index (χ3v) is 4.46. The van der Waals surface area contributed by atoms with E-state index < -0.39 is 6.10 Å². The maximum atomic E-state index is 10.4. The van der Waals surface area contributed by atoms with Crippen LogP contribution in [0.3, 0.4) is 0 Å². The molecular weight excluding hydrogens is 274 g/mol. The summed E-state index contributed by atoms with van der Waals surface area (Å²) in [6, 6.07) is 14.2. The van der Waals surface area contributed by atoms with Gasteiger partial charge < -0.3 is 14.7 Å². The molecule has 1 aliphatic rings. The topological polar surface area (TPSA) is 32.7 Å². The van der Waals surface area contributed by atoms with Crippen LogP contribution in [0.1, 0.15) is 30.9 Å². The number of fused-ring (bicyclic) bond motifs is 1. The minimum absolute atomic E-state index is 0.363. The number of benzene rings is 2. The Morgan fingerprint density at radius 1 is 1.00 bits per heavy atom. The molecule has 22 heavy (non-hydrogen) atoms. The second kappa shape index (κ2) is 7.73. The van der Waals surface area contributed by atoms with Gasteiger partial charge in [0.25, 0.3) is 0 Å². The normalized spacial score (nSPS) is 17.7. The molecule has 3 heteroatoms. The Morgan fingerprint density at radius 3 is 2.64 bits per heavy atom. The van der Waals surface area contributed by atoms with Crippen LogP contribution in [0.2, 0.25) is 0 Å². The Morgan fingerprint density at radius 2 is 1.77 bits per heavy atom. The summed E-state index contributed by atoms with van der Waals surface area (Å²) < 4.78 is 5.71. The molecule has 0 bridgehead atoms. The van der Waals surface area contributed by atoms with Gasteiger partial charge >= 0.3 is 0 Å². The number of hydrogen-bond acceptors (Lipinski definition) is 3. The Bertz CT molecular complexity index is 588. The van der Waals surface area contributed by atoms with Crippen LogP contribution in [0.4, 0.5) is 0 Å². The highest BCUT2D eigenvalue weighted by Gasteiger charge is 2.12. The average Bonchev–Trinajstić information content (AvgIpc) is 2.59. The van der Waals surface area contributed by atoms with E-state index in [1.54, 1.807) is 0 Å². The Hall–Kier alpha value is -1.42. The first kappa shape index (κ1) is 15.5. The summed E-state index contributed by atoms with van der Waals surface area (Å²) in [6.07, 6.45) is 3.40. The van der Waals surface area contributed by atoms with E-state index in [4.69, 9.17) is 4.74 Å². The number of likely N-dealkylation sites (tertiary alicyclic amines) is 1. The number of piperidine rings is 1. The van der Waals surface area contributed by atoms with E-state index in [1.807, 2.05) is 24.3 Å². The molecule has 1 fully saturated rings. The van der Waals surface area contributed by atoms with Gasteiger partial charge in [-0.25, -0.2) is 0 Å². The molecule has 0 radical (unpaired) electrons. The van der Waals surface area contributed by atoms with Crippen molar-refractivity contribution in [3.05, 3.63) is 48.0 Å². The first-order valence-electron chi connectivity index (χ1n) is 8.30. The summed E-state index contributed by atoms with van der Waals surface area (Å²) in [7, 11) is 0. The number of ether oxygens (including phenoxy) is 1. The molecule has 2 aromatic carbocycles. The molecule has 0 aliphatic carbocycles. The van der Waals surface area contributed by atoms with Crippen molar-refractivity contribution in [3.63, 3.8) is 0 Å². The van der Waals surface area contributed by atoms with Gasteiger partial charge in [-0.15, -0.1) is 0 Å². The predicted octanol–water partition coefficient (Wildman–Crippen LogP) is 3.38. The molecule has 2 aromatic rings. The summed E-state index contributed by atoms with van der Waals surface area (Å²) in [6.45, 7) is 4.41. The molecule has 1 aliphatic heterocycles. The second-order valence-corrected chi connectivity index (χ2v) is 6.06. The molecule has 118 valence electrons. The lowest BCUT2D eigenvalue weighted by atomic mass is 10.0. The molecule has 1 atom stereocenters. The SMILES string of the molecule is OC(COCCN1CCCCC1)c1cccc2ccccc12. The van der Waals surface area contributed by atoms with E-state index in [2.05, 4.69) is 23.1 Å².